The number of nitrogens with zero attached hydrogens (tertiary/aromatic N) is 1. The predicted molar refractivity (Wildman–Crippen MR) is 98.3 cm³/mol. The molecule has 126 valence electrons. The number of likely N-dealkylation sites (tertiary alicyclic amines) is 1. The zero-order valence-corrected chi connectivity index (χ0v) is 14.4. The largest absolute Gasteiger partial charge is 0.326 e. The topological polar surface area (TPSA) is 58.4 Å². The van der Waals surface area contributed by atoms with Gasteiger partial charge in [0, 0.05) is 35.8 Å². The molecule has 1 aliphatic rings. The summed E-state index contributed by atoms with van der Waals surface area (Å²) in [5, 5.41) is 3.59. The van der Waals surface area contributed by atoms with E-state index in [2.05, 4.69) is 22.3 Å². The number of carbonyl (C=O) groups excluding carboxylic acids is 1. The van der Waals surface area contributed by atoms with Crippen LogP contribution < -0.4 is 11.1 Å². The highest BCUT2D eigenvalue weighted by Crippen LogP contribution is 2.28. The summed E-state index contributed by atoms with van der Waals surface area (Å²) in [6.07, 6.45) is 0. The lowest BCUT2D eigenvalue weighted by molar-refractivity contribution is -0.120. The first-order chi connectivity index (χ1) is 11.5. The summed E-state index contributed by atoms with van der Waals surface area (Å²) in [7, 11) is 0. The van der Waals surface area contributed by atoms with Gasteiger partial charge in [-0.15, -0.1) is 0 Å². The van der Waals surface area contributed by atoms with Crippen molar-refractivity contribution in [2.75, 3.05) is 18.4 Å². The number of hydrogen-bond acceptors (Lipinski definition) is 3. The normalized spacial score (nSPS) is 22.3. The van der Waals surface area contributed by atoms with Crippen molar-refractivity contribution < 1.29 is 4.79 Å². The Labute approximate surface area is 147 Å². The smallest absolute Gasteiger partial charge is 0.241 e. The molecular formula is C19H22ClN3O. The number of hydrogen-bond donors (Lipinski definition) is 2. The Balaban J connectivity index is 1.64. The third kappa shape index (κ3) is 3.78. The highest BCUT2D eigenvalue weighted by molar-refractivity contribution is 6.30. The predicted octanol–water partition coefficient (Wildman–Crippen LogP) is 3.09. The van der Waals surface area contributed by atoms with E-state index in [0.29, 0.717) is 5.02 Å². The van der Waals surface area contributed by atoms with E-state index >= 15 is 0 Å². The van der Waals surface area contributed by atoms with Crippen molar-refractivity contribution in [2.45, 2.75) is 24.9 Å². The van der Waals surface area contributed by atoms with Gasteiger partial charge in [0.05, 0.1) is 6.04 Å². The van der Waals surface area contributed by atoms with Crippen molar-refractivity contribution in [2.24, 2.45) is 5.73 Å². The molecule has 0 bridgehead atoms. The van der Waals surface area contributed by atoms with Gasteiger partial charge >= 0.3 is 0 Å². The van der Waals surface area contributed by atoms with Crippen LogP contribution in [0.5, 0.6) is 0 Å². The van der Waals surface area contributed by atoms with Crippen molar-refractivity contribution in [1.29, 1.82) is 0 Å². The van der Waals surface area contributed by atoms with Crippen LogP contribution in [0.15, 0.2) is 54.6 Å². The molecule has 0 spiro atoms. The molecule has 1 unspecified atom stereocenters. The van der Waals surface area contributed by atoms with E-state index in [4.69, 9.17) is 17.3 Å². The summed E-state index contributed by atoms with van der Waals surface area (Å²) in [6.45, 7) is 3.43. The van der Waals surface area contributed by atoms with Crippen LogP contribution in [0, 0.1) is 0 Å². The molecule has 1 fully saturated rings. The molecule has 2 aromatic carbocycles. The minimum absolute atomic E-state index is 0.0294. The standard InChI is InChI=1S/C19H22ClN3O/c1-13(19(24)22-16-9-7-15(20)8-10-16)23-11-17(18(21)12-23)14-5-3-2-4-6-14/h2-10,13,17-18H,11-12,21H2,1H3,(H,22,24)/t13?,17-,18+/m0/s1. The molecule has 0 saturated carbocycles. The third-order valence-corrected chi connectivity index (χ3v) is 4.91. The first-order valence-corrected chi connectivity index (χ1v) is 8.53. The second kappa shape index (κ2) is 7.34. The van der Waals surface area contributed by atoms with E-state index < -0.39 is 0 Å². The zero-order chi connectivity index (χ0) is 17.1. The number of benzene rings is 2. The second-order valence-corrected chi connectivity index (χ2v) is 6.74. The molecule has 3 rings (SSSR count). The van der Waals surface area contributed by atoms with E-state index in [-0.39, 0.29) is 23.9 Å². The van der Waals surface area contributed by atoms with Crippen LogP contribution in [0.3, 0.4) is 0 Å². The molecule has 3 N–H and O–H groups in total. The lowest BCUT2D eigenvalue weighted by atomic mass is 9.95. The number of rotatable bonds is 4. The SMILES string of the molecule is CC(C(=O)Nc1ccc(Cl)cc1)N1C[C@@H](N)[C@H](c2ccccc2)C1. The number of carbonyl (C=O) groups is 1. The highest BCUT2D eigenvalue weighted by Gasteiger charge is 2.35. The summed E-state index contributed by atoms with van der Waals surface area (Å²) in [5.74, 6) is 0.232. The fourth-order valence-corrected chi connectivity index (χ4v) is 3.30. The molecule has 1 amide bonds. The van der Waals surface area contributed by atoms with Crippen LogP contribution in [0.2, 0.25) is 5.02 Å². The van der Waals surface area contributed by atoms with Crippen LogP contribution in [-0.2, 0) is 4.79 Å². The second-order valence-electron chi connectivity index (χ2n) is 6.31. The first-order valence-electron chi connectivity index (χ1n) is 8.15. The fraction of sp³-hybridized carbons (Fsp3) is 0.316. The van der Waals surface area contributed by atoms with Gasteiger partial charge in [0.25, 0.3) is 0 Å². The minimum atomic E-state index is -0.236. The monoisotopic (exact) mass is 343 g/mol. The van der Waals surface area contributed by atoms with E-state index in [1.54, 1.807) is 24.3 Å². The van der Waals surface area contributed by atoms with Gasteiger partial charge in [-0.3, -0.25) is 9.69 Å². The molecule has 24 heavy (non-hydrogen) atoms. The molecule has 0 aliphatic carbocycles. The van der Waals surface area contributed by atoms with Gasteiger partial charge in [-0.05, 0) is 36.8 Å². The number of amides is 1. The fourth-order valence-electron chi connectivity index (χ4n) is 3.18. The summed E-state index contributed by atoms with van der Waals surface area (Å²) >= 11 is 5.87. The van der Waals surface area contributed by atoms with Crippen LogP contribution in [0.4, 0.5) is 5.69 Å². The maximum absolute atomic E-state index is 12.5. The number of nitrogens with one attached hydrogen (secondary N) is 1. The van der Waals surface area contributed by atoms with Gasteiger partial charge in [-0.2, -0.15) is 0 Å². The summed E-state index contributed by atoms with van der Waals surface area (Å²) < 4.78 is 0. The highest BCUT2D eigenvalue weighted by atomic mass is 35.5. The van der Waals surface area contributed by atoms with E-state index in [0.717, 1.165) is 18.8 Å². The average Bonchev–Trinajstić information content (AvgIpc) is 2.99. The maximum Gasteiger partial charge on any atom is 0.241 e. The number of anilines is 1. The van der Waals surface area contributed by atoms with Crippen LogP contribution in [-0.4, -0.2) is 36.0 Å². The molecular weight excluding hydrogens is 322 g/mol. The van der Waals surface area contributed by atoms with Crippen LogP contribution >= 0.6 is 11.6 Å². The lowest BCUT2D eigenvalue weighted by Gasteiger charge is -2.23. The summed E-state index contributed by atoms with van der Waals surface area (Å²) in [4.78, 5) is 14.7. The van der Waals surface area contributed by atoms with Crippen molar-refractivity contribution in [3.63, 3.8) is 0 Å². The minimum Gasteiger partial charge on any atom is -0.326 e. The molecule has 0 aromatic heterocycles. The summed E-state index contributed by atoms with van der Waals surface area (Å²) in [5.41, 5.74) is 8.30. The van der Waals surface area contributed by atoms with Gasteiger partial charge in [-0.25, -0.2) is 0 Å². The van der Waals surface area contributed by atoms with Gasteiger partial charge in [0.1, 0.15) is 0 Å². The molecule has 1 saturated heterocycles. The van der Waals surface area contributed by atoms with Crippen LogP contribution in [0.25, 0.3) is 0 Å². The van der Waals surface area contributed by atoms with Gasteiger partial charge in [0.2, 0.25) is 5.91 Å². The molecule has 1 heterocycles. The molecule has 0 radical (unpaired) electrons. The Morgan fingerprint density at radius 3 is 2.50 bits per heavy atom. The number of nitrogens with two attached hydrogens (primary N) is 1. The Bertz CT molecular complexity index is 690. The van der Waals surface area contributed by atoms with Crippen LogP contribution in [0.1, 0.15) is 18.4 Å². The van der Waals surface area contributed by atoms with E-state index in [1.807, 2.05) is 25.1 Å². The quantitative estimate of drug-likeness (QED) is 0.896. The van der Waals surface area contributed by atoms with Gasteiger partial charge in [0.15, 0.2) is 0 Å². The first kappa shape index (κ1) is 17.0. The van der Waals surface area contributed by atoms with E-state index in [9.17, 15) is 4.79 Å². The Morgan fingerprint density at radius 1 is 1.17 bits per heavy atom. The molecule has 2 aromatic rings. The molecule has 5 heteroatoms. The Hall–Kier alpha value is -1.88. The molecule has 4 nitrogen and oxygen atoms in total. The van der Waals surface area contributed by atoms with E-state index in [1.165, 1.54) is 5.56 Å². The van der Waals surface area contributed by atoms with Crippen molar-refractivity contribution >= 4 is 23.2 Å². The number of halogens is 1. The Kier molecular flexibility index (Phi) is 5.19. The zero-order valence-electron chi connectivity index (χ0n) is 13.7. The third-order valence-electron chi connectivity index (χ3n) is 4.66. The summed E-state index contributed by atoms with van der Waals surface area (Å²) in [6, 6.07) is 17.2. The van der Waals surface area contributed by atoms with Gasteiger partial charge < -0.3 is 11.1 Å². The van der Waals surface area contributed by atoms with Crippen molar-refractivity contribution in [1.82, 2.24) is 4.90 Å². The van der Waals surface area contributed by atoms with Crippen molar-refractivity contribution in [3.05, 3.63) is 65.2 Å². The van der Waals surface area contributed by atoms with Gasteiger partial charge in [-0.1, -0.05) is 41.9 Å². The maximum atomic E-state index is 12.5. The molecule has 3 atom stereocenters. The Morgan fingerprint density at radius 2 is 1.83 bits per heavy atom. The molecule has 1 aliphatic heterocycles. The lowest BCUT2D eigenvalue weighted by Crippen LogP contribution is -2.41. The average molecular weight is 344 g/mol. The van der Waals surface area contributed by atoms with Crippen molar-refractivity contribution in [3.8, 4) is 0 Å².